The number of fused-ring (bicyclic) bond motifs is 7. The first kappa shape index (κ1) is 22.7. The van der Waals surface area contributed by atoms with E-state index in [1.165, 1.54) is 64.2 Å². The summed E-state index contributed by atoms with van der Waals surface area (Å²) in [5, 5.41) is 10.7. The molecule has 1 unspecified atom stereocenters. The highest BCUT2D eigenvalue weighted by molar-refractivity contribution is 5.19. The monoisotopic (exact) mass is 428 g/mol. The van der Waals surface area contributed by atoms with Crippen molar-refractivity contribution in [2.75, 3.05) is 0 Å². The van der Waals surface area contributed by atoms with Crippen LogP contribution in [0.2, 0.25) is 0 Å². The Morgan fingerprint density at radius 3 is 1.90 bits per heavy atom. The van der Waals surface area contributed by atoms with Crippen molar-refractivity contribution in [1.82, 2.24) is 0 Å². The second-order valence-electron chi connectivity index (χ2n) is 15.5. The molecule has 5 fully saturated rings. The Hall–Kier alpha value is -0.0400. The largest absolute Gasteiger partial charge is 0.393 e. The van der Waals surface area contributed by atoms with Crippen LogP contribution in [0.25, 0.3) is 0 Å². The van der Waals surface area contributed by atoms with Gasteiger partial charge in [-0.05, 0) is 127 Å². The summed E-state index contributed by atoms with van der Waals surface area (Å²) < 4.78 is 0. The molecule has 0 amide bonds. The zero-order valence-corrected chi connectivity index (χ0v) is 22.1. The maximum atomic E-state index is 10.7. The second-order valence-corrected chi connectivity index (χ2v) is 15.5. The van der Waals surface area contributed by atoms with Gasteiger partial charge in [0.1, 0.15) is 0 Å². The van der Waals surface area contributed by atoms with Gasteiger partial charge in [-0.15, -0.1) is 0 Å². The van der Waals surface area contributed by atoms with Gasteiger partial charge >= 0.3 is 0 Å². The summed E-state index contributed by atoms with van der Waals surface area (Å²) in [7, 11) is 0. The van der Waals surface area contributed by atoms with Crippen LogP contribution >= 0.6 is 0 Å². The lowest BCUT2D eigenvalue weighted by atomic mass is 9.30. The normalized spacial score (nSPS) is 60.9. The highest BCUT2D eigenvalue weighted by Crippen LogP contribution is 2.78. The van der Waals surface area contributed by atoms with E-state index in [1.54, 1.807) is 0 Å². The van der Waals surface area contributed by atoms with E-state index >= 15 is 0 Å². The van der Waals surface area contributed by atoms with Gasteiger partial charge < -0.3 is 5.11 Å². The van der Waals surface area contributed by atoms with Crippen LogP contribution in [0, 0.1) is 56.2 Å². The molecular formula is C30H52O. The lowest BCUT2D eigenvalue weighted by molar-refractivity contribution is -0.263. The number of aliphatic hydroxyl groups is 1. The van der Waals surface area contributed by atoms with Crippen LogP contribution in [-0.2, 0) is 0 Å². The third-order valence-electron chi connectivity index (χ3n) is 13.9. The minimum atomic E-state index is -0.0781. The van der Waals surface area contributed by atoms with Crippen LogP contribution in [0.15, 0.2) is 0 Å². The molecule has 0 aromatic rings. The molecule has 0 aromatic carbocycles. The van der Waals surface area contributed by atoms with Crippen LogP contribution in [0.5, 0.6) is 0 Å². The SMILES string of the molecule is C[C@H]1[C@H](O)CC[C@H]2[C@]1(C)CCC1[C@@]2(C)CC[C@]2(C)[C@@H]3CC(C)(C)CC[C@]3(C)CC[C@]12C. The minimum Gasteiger partial charge on any atom is -0.393 e. The fourth-order valence-corrected chi connectivity index (χ4v) is 11.4. The van der Waals surface area contributed by atoms with E-state index in [0.717, 1.165) is 24.2 Å². The first-order valence-electron chi connectivity index (χ1n) is 13.9. The van der Waals surface area contributed by atoms with Gasteiger partial charge in [-0.1, -0.05) is 55.4 Å². The fourth-order valence-electron chi connectivity index (χ4n) is 11.4. The molecule has 31 heavy (non-hydrogen) atoms. The molecule has 0 heterocycles. The highest BCUT2D eigenvalue weighted by atomic mass is 16.3. The van der Waals surface area contributed by atoms with Gasteiger partial charge in [0, 0.05) is 0 Å². The molecular weight excluding hydrogens is 376 g/mol. The summed E-state index contributed by atoms with van der Waals surface area (Å²) in [6.45, 7) is 20.9. The van der Waals surface area contributed by atoms with Gasteiger partial charge in [0.25, 0.3) is 0 Å². The number of rotatable bonds is 0. The molecule has 0 bridgehead atoms. The van der Waals surface area contributed by atoms with E-state index in [9.17, 15) is 5.11 Å². The van der Waals surface area contributed by atoms with Crippen LogP contribution in [-0.4, -0.2) is 11.2 Å². The summed E-state index contributed by atoms with van der Waals surface area (Å²) in [4.78, 5) is 0. The predicted molar refractivity (Wildman–Crippen MR) is 131 cm³/mol. The molecule has 0 radical (unpaired) electrons. The van der Waals surface area contributed by atoms with Crippen LogP contribution in [0.4, 0.5) is 0 Å². The van der Waals surface area contributed by atoms with Crippen molar-refractivity contribution in [1.29, 1.82) is 0 Å². The van der Waals surface area contributed by atoms with Crippen LogP contribution < -0.4 is 0 Å². The van der Waals surface area contributed by atoms with E-state index in [2.05, 4.69) is 55.4 Å². The summed E-state index contributed by atoms with van der Waals surface area (Å²) in [5.74, 6) is 3.02. The first-order valence-corrected chi connectivity index (χ1v) is 13.9. The topological polar surface area (TPSA) is 20.2 Å². The van der Waals surface area contributed by atoms with Crippen molar-refractivity contribution in [3.63, 3.8) is 0 Å². The van der Waals surface area contributed by atoms with Crippen molar-refractivity contribution in [2.24, 2.45) is 56.2 Å². The smallest absolute Gasteiger partial charge is 0.0571 e. The van der Waals surface area contributed by atoms with Gasteiger partial charge in [0.05, 0.1) is 6.10 Å². The molecule has 0 aromatic heterocycles. The lowest BCUT2D eigenvalue weighted by Crippen LogP contribution is -2.67. The molecule has 1 nitrogen and oxygen atoms in total. The van der Waals surface area contributed by atoms with Crippen LogP contribution in [0.1, 0.15) is 126 Å². The maximum Gasteiger partial charge on any atom is 0.0571 e. The fraction of sp³-hybridized carbons (Fsp3) is 1.00. The summed E-state index contributed by atoms with van der Waals surface area (Å²) in [6, 6.07) is 0. The van der Waals surface area contributed by atoms with E-state index in [1.807, 2.05) is 0 Å². The molecule has 1 N–H and O–H groups in total. The Morgan fingerprint density at radius 2 is 1.19 bits per heavy atom. The Kier molecular flexibility index (Phi) is 4.80. The van der Waals surface area contributed by atoms with E-state index in [0.29, 0.717) is 38.4 Å². The Balaban J connectivity index is 1.54. The maximum absolute atomic E-state index is 10.7. The Morgan fingerprint density at radius 1 is 0.581 bits per heavy atom. The van der Waals surface area contributed by atoms with E-state index in [4.69, 9.17) is 0 Å². The molecule has 0 aliphatic heterocycles. The van der Waals surface area contributed by atoms with Crippen LogP contribution in [0.3, 0.4) is 0 Å². The summed E-state index contributed by atoms with van der Waals surface area (Å²) in [6.07, 6.45) is 15.1. The number of aliphatic hydroxyl groups excluding tert-OH is 1. The molecule has 10 atom stereocenters. The molecule has 5 rings (SSSR count). The number of hydrogen-bond acceptors (Lipinski definition) is 1. The zero-order valence-electron chi connectivity index (χ0n) is 22.1. The van der Waals surface area contributed by atoms with Crippen molar-refractivity contribution in [3.05, 3.63) is 0 Å². The minimum absolute atomic E-state index is 0.0781. The Labute approximate surface area is 193 Å². The van der Waals surface area contributed by atoms with E-state index < -0.39 is 0 Å². The molecule has 178 valence electrons. The van der Waals surface area contributed by atoms with Gasteiger partial charge in [0.15, 0.2) is 0 Å². The van der Waals surface area contributed by atoms with Gasteiger partial charge in [-0.2, -0.15) is 0 Å². The lowest BCUT2D eigenvalue weighted by Gasteiger charge is -2.75. The van der Waals surface area contributed by atoms with Crippen molar-refractivity contribution in [3.8, 4) is 0 Å². The van der Waals surface area contributed by atoms with Gasteiger partial charge in [-0.25, -0.2) is 0 Å². The molecule has 5 aliphatic rings. The average Bonchev–Trinajstić information content (AvgIpc) is 2.69. The molecule has 0 saturated heterocycles. The predicted octanol–water partition coefficient (Wildman–Crippen LogP) is 8.25. The summed E-state index contributed by atoms with van der Waals surface area (Å²) >= 11 is 0. The number of hydrogen-bond donors (Lipinski definition) is 1. The second kappa shape index (κ2) is 6.55. The standard InChI is InChI=1S/C30H52O/c1-20-21(31)9-10-22-27(20,5)12-11-23-28(22,6)16-18-30(8)24-19-25(2,3)13-14-26(24,4)15-17-29(23,30)7/h20-24,31H,9-19H2,1-8H3/t20-,21+,22-,23?,24+,26+,27+,28-,29+,30+/m0/s1. The van der Waals surface area contributed by atoms with Crippen molar-refractivity contribution < 1.29 is 5.11 Å². The Bertz CT molecular complexity index is 741. The summed E-state index contributed by atoms with van der Waals surface area (Å²) in [5.41, 5.74) is 2.88. The zero-order chi connectivity index (χ0) is 22.7. The first-order chi connectivity index (χ1) is 14.2. The molecule has 1 heteroatoms. The quantitative estimate of drug-likeness (QED) is 0.412. The third-order valence-corrected chi connectivity index (χ3v) is 13.9. The molecule has 5 aliphatic carbocycles. The van der Waals surface area contributed by atoms with Gasteiger partial charge in [-0.3, -0.25) is 0 Å². The van der Waals surface area contributed by atoms with E-state index in [-0.39, 0.29) is 6.10 Å². The van der Waals surface area contributed by atoms with Crippen molar-refractivity contribution >= 4 is 0 Å². The average molecular weight is 429 g/mol. The molecule has 0 spiro atoms. The molecule has 5 saturated carbocycles. The van der Waals surface area contributed by atoms with Gasteiger partial charge in [0.2, 0.25) is 0 Å². The third kappa shape index (κ3) is 2.77. The van der Waals surface area contributed by atoms with Crippen molar-refractivity contribution in [2.45, 2.75) is 132 Å². The highest BCUT2D eigenvalue weighted by Gasteiger charge is 2.70.